The Morgan fingerprint density at radius 1 is 0.958 bits per heavy atom. The molecular formula is C21H29N7O17P3+. The number of phosphoric acid groups is 3. The van der Waals surface area contributed by atoms with Crippen LogP contribution in [0.1, 0.15) is 22.8 Å². The SMILES string of the molecule is NC(=O)c1ccc[n+]([C@@H]2O[C@H](COP(=O)(O)OP(=O)(O)OC[C@H]3O[C@@H](n4cnc5c(N)ncnc54)[C@@H](OP(=O)(O)O)[C@H]3O)[C@@H](O)[C@H]2O)c1. The Balaban J connectivity index is 1.21. The molecule has 5 rings (SSSR count). The number of aliphatic hydroxyl groups is 3. The second-order valence-corrected chi connectivity index (χ2v) is 14.5. The van der Waals surface area contributed by atoms with Gasteiger partial charge in [0.15, 0.2) is 36.2 Å². The number of pyridine rings is 1. The van der Waals surface area contributed by atoms with Gasteiger partial charge in [0.2, 0.25) is 0 Å². The fraction of sp³-hybridized carbons (Fsp3) is 0.476. The normalized spacial score (nSPS) is 30.3. The molecule has 27 heteroatoms. The lowest BCUT2D eigenvalue weighted by Gasteiger charge is -2.22. The molecule has 24 nitrogen and oxygen atoms in total. The number of nitrogens with zero attached hydrogens (tertiary/aromatic N) is 5. The lowest BCUT2D eigenvalue weighted by molar-refractivity contribution is -0.765. The number of hydrogen-bond acceptors (Lipinski definition) is 17. The highest BCUT2D eigenvalue weighted by Gasteiger charge is 2.51. The van der Waals surface area contributed by atoms with Gasteiger partial charge in [-0.25, -0.2) is 28.6 Å². The molecule has 0 bridgehead atoms. The molecule has 10 atom stereocenters. The van der Waals surface area contributed by atoms with E-state index >= 15 is 0 Å². The average molecular weight is 744 g/mol. The number of ether oxygens (including phenoxy) is 2. The van der Waals surface area contributed by atoms with Gasteiger partial charge in [-0.1, -0.05) is 0 Å². The smallest absolute Gasteiger partial charge is 0.387 e. The molecule has 5 heterocycles. The molecule has 2 aliphatic heterocycles. The molecule has 11 N–H and O–H groups in total. The molecule has 2 aliphatic rings. The predicted octanol–water partition coefficient (Wildman–Crippen LogP) is -2.90. The van der Waals surface area contributed by atoms with Crippen molar-refractivity contribution in [2.45, 2.75) is 49.1 Å². The van der Waals surface area contributed by atoms with Gasteiger partial charge < -0.3 is 55.8 Å². The third kappa shape index (κ3) is 8.12. The van der Waals surface area contributed by atoms with Crippen LogP contribution in [0.4, 0.5) is 5.82 Å². The molecule has 0 radical (unpaired) electrons. The van der Waals surface area contributed by atoms with Crippen molar-refractivity contribution < 1.29 is 85.3 Å². The Kier molecular flexibility index (Phi) is 10.5. The van der Waals surface area contributed by atoms with Gasteiger partial charge in [-0.2, -0.15) is 8.88 Å². The van der Waals surface area contributed by atoms with Gasteiger partial charge >= 0.3 is 23.5 Å². The number of hydrogen-bond donors (Lipinski definition) is 9. The number of nitrogens with two attached hydrogens (primary N) is 2. The number of aromatic nitrogens is 5. The number of anilines is 1. The van der Waals surface area contributed by atoms with E-state index in [2.05, 4.69) is 23.8 Å². The number of nitrogen functional groups attached to an aromatic ring is 1. The second-order valence-electron chi connectivity index (χ2n) is 10.3. The quantitative estimate of drug-likeness (QED) is 0.0626. The van der Waals surface area contributed by atoms with Crippen LogP contribution in [-0.2, 0) is 41.1 Å². The monoisotopic (exact) mass is 744 g/mol. The minimum absolute atomic E-state index is 0.00286. The van der Waals surface area contributed by atoms with Crippen LogP contribution >= 0.6 is 23.5 Å². The molecule has 264 valence electrons. The largest absolute Gasteiger partial charge is 0.481 e. The zero-order valence-electron chi connectivity index (χ0n) is 23.9. The molecule has 0 spiro atoms. The second kappa shape index (κ2) is 13.8. The van der Waals surface area contributed by atoms with Gasteiger partial charge in [-0.3, -0.25) is 22.9 Å². The summed E-state index contributed by atoms with van der Waals surface area (Å²) in [6, 6.07) is 2.79. The van der Waals surface area contributed by atoms with Crippen LogP contribution in [0.25, 0.3) is 11.2 Å². The number of phosphoric ester groups is 3. The van der Waals surface area contributed by atoms with Gasteiger partial charge in [0.05, 0.1) is 19.5 Å². The molecule has 0 aromatic carbocycles. The minimum atomic E-state index is -5.52. The van der Waals surface area contributed by atoms with Crippen LogP contribution in [-0.4, -0.2) is 110 Å². The highest BCUT2D eigenvalue weighted by Crippen LogP contribution is 2.61. The summed E-state index contributed by atoms with van der Waals surface area (Å²) in [6.45, 7) is -2.03. The molecule has 3 aromatic heterocycles. The number of fused-ring (bicyclic) bond motifs is 1. The summed E-state index contributed by atoms with van der Waals surface area (Å²) in [5.41, 5.74) is 11.1. The van der Waals surface area contributed by atoms with E-state index in [0.29, 0.717) is 0 Å². The standard InChI is InChI=1S/C21H28N7O17P3/c22-17-12-19(25-7-24-17)28(8-26-12)21-16(44-46(33,34)35)14(30)11(43-21)6-41-48(38,39)45-47(36,37)40-5-10-13(29)15(31)20(42-10)27-3-1-2-9(4-27)18(23)32/h1-4,7-8,10-11,13-16,20-21,29-31H,5-6H2,(H7-,22,23,24,25,32,33,34,35,36,37,38,39)/p+1/t10-,11-,13-,14+,15-,16+,20-,21-/m1/s1. The van der Waals surface area contributed by atoms with Crippen molar-refractivity contribution in [3.63, 3.8) is 0 Å². The number of carbonyl (C=O) groups excluding carboxylic acids is 1. The van der Waals surface area contributed by atoms with Crippen LogP contribution in [0, 0.1) is 0 Å². The minimum Gasteiger partial charge on any atom is -0.387 e. The molecule has 0 aliphatic carbocycles. The van der Waals surface area contributed by atoms with E-state index in [1.54, 1.807) is 0 Å². The van der Waals surface area contributed by atoms with Crippen LogP contribution < -0.4 is 16.0 Å². The molecule has 1 amide bonds. The molecule has 0 saturated carbocycles. The number of carbonyl (C=O) groups is 1. The Morgan fingerprint density at radius 2 is 1.60 bits per heavy atom. The number of aliphatic hydroxyl groups excluding tert-OH is 3. The average Bonchev–Trinajstić information content (AvgIpc) is 3.64. The first kappa shape index (κ1) is 36.4. The van der Waals surface area contributed by atoms with Crippen molar-refractivity contribution >= 4 is 46.4 Å². The number of primary amides is 1. The summed E-state index contributed by atoms with van der Waals surface area (Å²) < 4.78 is 68.4. The van der Waals surface area contributed by atoms with Gasteiger partial charge in [0, 0.05) is 6.07 Å². The highest BCUT2D eigenvalue weighted by molar-refractivity contribution is 7.61. The maximum Gasteiger partial charge on any atom is 0.481 e. The van der Waals surface area contributed by atoms with E-state index in [1.165, 1.54) is 29.1 Å². The summed E-state index contributed by atoms with van der Waals surface area (Å²) in [7, 11) is -16.3. The topological polar surface area (TPSA) is 365 Å². The van der Waals surface area contributed by atoms with E-state index < -0.39 is 91.7 Å². The van der Waals surface area contributed by atoms with Crippen molar-refractivity contribution in [2.24, 2.45) is 5.73 Å². The third-order valence-corrected chi connectivity index (χ3v) is 10.1. The zero-order valence-corrected chi connectivity index (χ0v) is 26.6. The van der Waals surface area contributed by atoms with E-state index in [4.69, 9.17) is 30.0 Å². The fourth-order valence-electron chi connectivity index (χ4n) is 4.83. The zero-order chi connectivity index (χ0) is 35.2. The van der Waals surface area contributed by atoms with Gasteiger partial charge in [-0.05, 0) is 6.07 Å². The van der Waals surface area contributed by atoms with Crippen LogP contribution in [0.2, 0.25) is 0 Å². The summed E-state index contributed by atoms with van der Waals surface area (Å²) in [5, 5.41) is 31.5. The Bertz CT molecular complexity index is 1810. The molecule has 48 heavy (non-hydrogen) atoms. The molecule has 2 saturated heterocycles. The molecule has 3 aromatic rings. The first-order valence-electron chi connectivity index (χ1n) is 13.3. The Morgan fingerprint density at radius 3 is 2.23 bits per heavy atom. The first-order chi connectivity index (χ1) is 22.4. The Hall–Kier alpha value is -2.86. The highest BCUT2D eigenvalue weighted by atomic mass is 31.3. The van der Waals surface area contributed by atoms with Crippen LogP contribution in [0.15, 0.2) is 37.2 Å². The van der Waals surface area contributed by atoms with Crippen molar-refractivity contribution in [1.29, 1.82) is 0 Å². The predicted molar refractivity (Wildman–Crippen MR) is 150 cm³/mol. The van der Waals surface area contributed by atoms with Gasteiger partial charge in [0.1, 0.15) is 47.9 Å². The summed E-state index contributed by atoms with van der Waals surface area (Å²) in [5.74, 6) is -0.848. The van der Waals surface area contributed by atoms with Crippen molar-refractivity contribution in [3.8, 4) is 0 Å². The maximum absolute atomic E-state index is 12.6. The van der Waals surface area contributed by atoms with Crippen molar-refractivity contribution in [1.82, 2.24) is 19.5 Å². The van der Waals surface area contributed by atoms with Gasteiger partial charge in [-0.15, -0.1) is 0 Å². The summed E-state index contributed by atoms with van der Waals surface area (Å²) >= 11 is 0. The molecule has 2 unspecified atom stereocenters. The van der Waals surface area contributed by atoms with Crippen molar-refractivity contribution in [3.05, 3.63) is 42.7 Å². The summed E-state index contributed by atoms with van der Waals surface area (Å²) in [4.78, 5) is 62.2. The van der Waals surface area contributed by atoms with E-state index in [1.807, 2.05) is 0 Å². The molecule has 2 fully saturated rings. The number of imidazole rings is 1. The van der Waals surface area contributed by atoms with Crippen LogP contribution in [0.5, 0.6) is 0 Å². The third-order valence-electron chi connectivity index (χ3n) is 6.98. The molecular weight excluding hydrogens is 715 g/mol. The lowest BCUT2D eigenvalue weighted by Crippen LogP contribution is -2.46. The van der Waals surface area contributed by atoms with E-state index in [9.17, 15) is 53.4 Å². The summed E-state index contributed by atoms with van der Waals surface area (Å²) in [6.07, 6.45) is -8.39. The first-order valence-corrected chi connectivity index (χ1v) is 17.9. The Labute approximate surface area is 267 Å². The fourth-order valence-corrected chi connectivity index (χ4v) is 7.47. The van der Waals surface area contributed by atoms with Gasteiger partial charge in [0.25, 0.3) is 12.1 Å². The number of amides is 1. The lowest BCUT2D eigenvalue weighted by atomic mass is 10.1. The van der Waals surface area contributed by atoms with E-state index in [0.717, 1.165) is 17.2 Å². The van der Waals surface area contributed by atoms with E-state index in [-0.39, 0.29) is 22.5 Å². The van der Waals surface area contributed by atoms with Crippen LogP contribution in [0.3, 0.4) is 0 Å². The maximum atomic E-state index is 12.6. The number of rotatable bonds is 13. The van der Waals surface area contributed by atoms with Crippen molar-refractivity contribution in [2.75, 3.05) is 18.9 Å².